The highest BCUT2D eigenvalue weighted by atomic mass is 16.3. The van der Waals surface area contributed by atoms with Gasteiger partial charge in [0.25, 0.3) is 11.8 Å². The quantitative estimate of drug-likeness (QED) is 0.118. The van der Waals surface area contributed by atoms with E-state index in [1.807, 2.05) is 62.4 Å². The van der Waals surface area contributed by atoms with Gasteiger partial charge >= 0.3 is 0 Å². The number of carbonyl (C=O) groups excluding carboxylic acids is 2. The monoisotopic (exact) mass is 558 g/mol. The van der Waals surface area contributed by atoms with Crippen molar-refractivity contribution in [3.05, 3.63) is 48.5 Å². The highest BCUT2D eigenvalue weighted by Gasteiger charge is 2.17. The first kappa shape index (κ1) is 29.6. The fourth-order valence-electron chi connectivity index (χ4n) is 5.03. The molecule has 2 amide bonds. The van der Waals surface area contributed by atoms with E-state index in [0.29, 0.717) is 37.3 Å². The molecule has 0 aliphatic rings. The third-order valence-corrected chi connectivity index (χ3v) is 7.03. The van der Waals surface area contributed by atoms with Gasteiger partial charge in [-0.1, -0.05) is 69.5 Å². The Morgan fingerprint density at radius 3 is 1.44 bits per heavy atom. The Morgan fingerprint density at radius 1 is 0.634 bits per heavy atom. The molecule has 4 rings (SSSR count). The molecule has 4 aromatic rings. The SMILES string of the molecule is CCCn1c(O)c(N=NC(=O)CCCCCCCC(=O)N=Nc2c(O)n(CCC)c3ccccc23)c2ccccc21. The molecule has 10 nitrogen and oxygen atoms in total. The van der Waals surface area contributed by atoms with Crippen LogP contribution < -0.4 is 0 Å². The molecular formula is C31H38N6O4. The van der Waals surface area contributed by atoms with Crippen molar-refractivity contribution in [2.45, 2.75) is 84.7 Å². The van der Waals surface area contributed by atoms with Gasteiger partial charge in [-0.05, 0) is 37.8 Å². The summed E-state index contributed by atoms with van der Waals surface area (Å²) in [6, 6.07) is 15.1. The fourth-order valence-corrected chi connectivity index (χ4v) is 5.03. The number of aryl methyl sites for hydroxylation is 2. The van der Waals surface area contributed by atoms with E-state index in [0.717, 1.165) is 53.9 Å². The molecule has 0 saturated heterocycles. The lowest BCUT2D eigenvalue weighted by Gasteiger charge is -2.03. The summed E-state index contributed by atoms with van der Waals surface area (Å²) in [6.07, 6.45) is 6.18. The average molecular weight is 559 g/mol. The van der Waals surface area contributed by atoms with Gasteiger partial charge in [0.2, 0.25) is 11.8 Å². The summed E-state index contributed by atoms with van der Waals surface area (Å²) in [5, 5.41) is 38.6. The second-order valence-electron chi connectivity index (χ2n) is 10.1. The predicted octanol–water partition coefficient (Wildman–Crippen LogP) is 8.48. The number of hydrogen-bond donors (Lipinski definition) is 2. The Kier molecular flexibility index (Phi) is 10.4. The van der Waals surface area contributed by atoms with Crippen LogP contribution in [0.3, 0.4) is 0 Å². The van der Waals surface area contributed by atoms with Gasteiger partial charge in [-0.25, -0.2) is 0 Å². The summed E-state index contributed by atoms with van der Waals surface area (Å²) in [7, 11) is 0. The molecule has 0 bridgehead atoms. The van der Waals surface area contributed by atoms with Crippen LogP contribution in [0.1, 0.15) is 71.6 Å². The molecule has 216 valence electrons. The van der Waals surface area contributed by atoms with Crippen LogP contribution >= 0.6 is 0 Å². The van der Waals surface area contributed by atoms with Gasteiger partial charge in [0, 0.05) is 36.7 Å². The van der Waals surface area contributed by atoms with E-state index in [4.69, 9.17) is 0 Å². The number of nitrogens with zero attached hydrogens (tertiary/aromatic N) is 6. The minimum absolute atomic E-state index is 0.0266. The summed E-state index contributed by atoms with van der Waals surface area (Å²) in [5.74, 6) is -0.593. The number of para-hydroxylation sites is 2. The molecular weight excluding hydrogens is 520 g/mol. The largest absolute Gasteiger partial charge is 0.493 e. The van der Waals surface area contributed by atoms with Crippen molar-refractivity contribution in [1.29, 1.82) is 0 Å². The Morgan fingerprint density at radius 2 is 1.02 bits per heavy atom. The number of azo groups is 2. The first-order chi connectivity index (χ1) is 20.0. The minimum Gasteiger partial charge on any atom is -0.493 e. The molecule has 0 aliphatic carbocycles. The van der Waals surface area contributed by atoms with Crippen molar-refractivity contribution in [3.8, 4) is 11.8 Å². The number of aromatic nitrogens is 2. The highest BCUT2D eigenvalue weighted by Crippen LogP contribution is 2.40. The maximum atomic E-state index is 12.3. The molecule has 0 unspecified atom stereocenters. The summed E-state index contributed by atoms with van der Waals surface area (Å²) < 4.78 is 3.58. The van der Waals surface area contributed by atoms with E-state index in [1.165, 1.54) is 0 Å². The summed E-state index contributed by atoms with van der Waals surface area (Å²) in [5.41, 5.74) is 2.38. The number of benzene rings is 2. The number of carbonyl (C=O) groups is 2. The van der Waals surface area contributed by atoms with E-state index in [-0.39, 0.29) is 36.4 Å². The lowest BCUT2D eigenvalue weighted by Crippen LogP contribution is -1.95. The van der Waals surface area contributed by atoms with Crippen LogP contribution in [0.25, 0.3) is 21.8 Å². The summed E-state index contributed by atoms with van der Waals surface area (Å²) >= 11 is 0. The van der Waals surface area contributed by atoms with E-state index >= 15 is 0 Å². The lowest BCUT2D eigenvalue weighted by molar-refractivity contribution is -0.119. The van der Waals surface area contributed by atoms with Crippen LogP contribution in [0.15, 0.2) is 69.0 Å². The maximum Gasteiger partial charge on any atom is 0.264 e. The van der Waals surface area contributed by atoms with Crippen molar-refractivity contribution in [2.75, 3.05) is 0 Å². The second kappa shape index (κ2) is 14.3. The molecule has 2 heterocycles. The van der Waals surface area contributed by atoms with Crippen LogP contribution in [-0.2, 0) is 22.7 Å². The second-order valence-corrected chi connectivity index (χ2v) is 10.1. The molecule has 10 heteroatoms. The molecule has 0 aliphatic heterocycles. The zero-order valence-electron chi connectivity index (χ0n) is 23.8. The van der Waals surface area contributed by atoms with E-state index in [1.54, 1.807) is 9.13 Å². The average Bonchev–Trinajstić information content (AvgIpc) is 3.40. The third-order valence-electron chi connectivity index (χ3n) is 7.03. The highest BCUT2D eigenvalue weighted by molar-refractivity contribution is 5.96. The lowest BCUT2D eigenvalue weighted by atomic mass is 10.1. The fraction of sp³-hybridized carbons (Fsp3) is 0.419. The molecule has 0 radical (unpaired) electrons. The van der Waals surface area contributed by atoms with Crippen LogP contribution in [0.4, 0.5) is 11.4 Å². The number of rotatable bonds is 14. The van der Waals surface area contributed by atoms with Crippen LogP contribution in [0.2, 0.25) is 0 Å². The first-order valence-corrected chi connectivity index (χ1v) is 14.5. The van der Waals surface area contributed by atoms with Crippen molar-refractivity contribution in [1.82, 2.24) is 9.13 Å². The number of fused-ring (bicyclic) bond motifs is 2. The maximum absolute atomic E-state index is 12.3. The van der Waals surface area contributed by atoms with Crippen molar-refractivity contribution in [3.63, 3.8) is 0 Å². The van der Waals surface area contributed by atoms with Gasteiger partial charge in [-0.3, -0.25) is 9.59 Å². The van der Waals surface area contributed by atoms with Crippen LogP contribution in [0, 0.1) is 0 Å². The number of aromatic hydroxyl groups is 2. The van der Waals surface area contributed by atoms with Gasteiger partial charge in [0.05, 0.1) is 11.0 Å². The first-order valence-electron chi connectivity index (χ1n) is 14.5. The van der Waals surface area contributed by atoms with E-state index < -0.39 is 0 Å². The van der Waals surface area contributed by atoms with Gasteiger partial charge in [0.1, 0.15) is 0 Å². The normalized spacial score (nSPS) is 12.0. The molecule has 2 N–H and O–H groups in total. The Balaban J connectivity index is 1.18. The van der Waals surface area contributed by atoms with Gasteiger partial charge in [0.15, 0.2) is 11.4 Å². The van der Waals surface area contributed by atoms with E-state index in [2.05, 4.69) is 20.5 Å². The molecule has 2 aromatic heterocycles. The molecule has 0 spiro atoms. The number of hydrogen-bond acceptors (Lipinski definition) is 6. The van der Waals surface area contributed by atoms with Crippen molar-refractivity contribution < 1.29 is 19.8 Å². The molecule has 2 aromatic carbocycles. The Hall–Kier alpha value is -4.34. The molecule has 0 saturated carbocycles. The van der Waals surface area contributed by atoms with Gasteiger partial charge in [-0.15, -0.1) is 20.5 Å². The van der Waals surface area contributed by atoms with E-state index in [9.17, 15) is 19.8 Å². The predicted molar refractivity (Wildman–Crippen MR) is 159 cm³/mol. The Labute approximate surface area is 239 Å². The summed E-state index contributed by atoms with van der Waals surface area (Å²) in [6.45, 7) is 5.37. The van der Waals surface area contributed by atoms with Crippen LogP contribution in [-0.4, -0.2) is 31.2 Å². The number of unbranched alkanes of at least 4 members (excludes halogenated alkanes) is 4. The molecule has 0 fully saturated rings. The van der Waals surface area contributed by atoms with Gasteiger partial charge in [-0.2, -0.15) is 0 Å². The topological polar surface area (TPSA) is 134 Å². The zero-order valence-corrected chi connectivity index (χ0v) is 23.8. The Bertz CT molecular complexity index is 1450. The standard InChI is InChI=1S/C31H38N6O4/c1-3-20-36-24-16-12-10-14-22(24)28(30(36)40)34-32-26(38)18-8-6-5-7-9-19-27(39)33-35-29-23-15-11-13-17-25(23)37(21-4-2)31(29)41/h10-17,40-41H,3-9,18-21H2,1-2H3. The van der Waals surface area contributed by atoms with Crippen molar-refractivity contribution >= 4 is 45.0 Å². The minimum atomic E-state index is -0.323. The van der Waals surface area contributed by atoms with Gasteiger partial charge < -0.3 is 19.3 Å². The third kappa shape index (κ3) is 7.06. The number of amides is 2. The summed E-state index contributed by atoms with van der Waals surface area (Å²) in [4.78, 5) is 24.5. The van der Waals surface area contributed by atoms with Crippen LogP contribution in [0.5, 0.6) is 11.8 Å². The zero-order chi connectivity index (χ0) is 29.2. The molecule has 41 heavy (non-hydrogen) atoms. The smallest absolute Gasteiger partial charge is 0.264 e. The van der Waals surface area contributed by atoms with Crippen molar-refractivity contribution in [2.24, 2.45) is 20.5 Å². The molecule has 0 atom stereocenters.